The Morgan fingerprint density at radius 2 is 1.84 bits per heavy atom. The van der Waals surface area contributed by atoms with Gasteiger partial charge in [0.15, 0.2) is 0 Å². The first-order valence-corrected chi connectivity index (χ1v) is 9.65. The topological polar surface area (TPSA) is 73.0 Å². The highest BCUT2D eigenvalue weighted by atomic mass is 79.9. The zero-order valence-corrected chi connectivity index (χ0v) is 15.6. The molecule has 0 aliphatic rings. The minimum atomic E-state index is -3.94. The largest absolute Gasteiger partial charge is 0.255 e. The lowest BCUT2D eigenvalue weighted by atomic mass is 9.98. The van der Waals surface area contributed by atoms with Crippen LogP contribution in [-0.2, 0) is 10.0 Å². The van der Waals surface area contributed by atoms with Gasteiger partial charge in [-0.25, -0.2) is 17.9 Å². The van der Waals surface area contributed by atoms with E-state index in [1.807, 2.05) is 31.2 Å². The minimum Gasteiger partial charge on any atom is -0.255 e. The molecule has 0 fully saturated rings. The monoisotopic (exact) mass is 420 g/mol. The fourth-order valence-corrected chi connectivity index (χ4v) is 3.31. The summed E-state index contributed by atoms with van der Waals surface area (Å²) in [6, 6.07) is 12.7. The van der Waals surface area contributed by atoms with Gasteiger partial charge in [-0.15, -0.1) is 0 Å². The van der Waals surface area contributed by atoms with Crippen LogP contribution in [0.1, 0.15) is 5.56 Å². The molecule has 0 aliphatic carbocycles. The Morgan fingerprint density at radius 1 is 1.08 bits per heavy atom. The van der Waals surface area contributed by atoms with Crippen LogP contribution >= 0.6 is 15.9 Å². The first-order chi connectivity index (χ1) is 11.8. The summed E-state index contributed by atoms with van der Waals surface area (Å²) in [4.78, 5) is 4.11. The van der Waals surface area contributed by atoms with Gasteiger partial charge in [0.25, 0.3) is 0 Å². The summed E-state index contributed by atoms with van der Waals surface area (Å²) in [5.41, 5.74) is 3.01. The summed E-state index contributed by atoms with van der Waals surface area (Å²) in [6.07, 6.45) is 1.54. The molecule has 0 spiro atoms. The molecule has 0 saturated heterocycles. The lowest BCUT2D eigenvalue weighted by Crippen LogP contribution is -2.12. The molecule has 0 radical (unpaired) electrons. The molecule has 3 aromatic rings. The maximum Gasteiger partial charge on any atom is 0.238 e. The number of sulfonamides is 1. The summed E-state index contributed by atoms with van der Waals surface area (Å²) >= 11 is 3.45. The van der Waals surface area contributed by atoms with Crippen LogP contribution in [0.15, 0.2) is 64.1 Å². The van der Waals surface area contributed by atoms with E-state index in [-0.39, 0.29) is 10.5 Å². The molecule has 0 amide bonds. The van der Waals surface area contributed by atoms with Crippen LogP contribution in [0.4, 0.5) is 4.39 Å². The summed E-state index contributed by atoms with van der Waals surface area (Å²) in [5, 5.41) is 5.16. The molecule has 0 aliphatic heterocycles. The standard InChI is InChI=1S/C18H14BrFN2O2S/c1-11-9-12(4-6-16(11)19)14-3-2-8-22-18(14)15-10-13(25(21,23)24)5-7-17(15)20/h2-10H,1H3,(H2,21,23,24). The highest BCUT2D eigenvalue weighted by Gasteiger charge is 2.17. The molecule has 2 N–H and O–H groups in total. The Balaban J connectivity index is 2.25. The molecule has 7 heteroatoms. The van der Waals surface area contributed by atoms with Crippen molar-refractivity contribution in [2.24, 2.45) is 5.14 Å². The number of pyridine rings is 1. The predicted octanol–water partition coefficient (Wildman–Crippen LogP) is 4.27. The molecule has 0 saturated carbocycles. The number of hydrogen-bond acceptors (Lipinski definition) is 3. The summed E-state index contributed by atoms with van der Waals surface area (Å²) in [7, 11) is -3.94. The van der Waals surface area contributed by atoms with Crippen LogP contribution in [0.2, 0.25) is 0 Å². The molecule has 3 rings (SSSR count). The fraction of sp³-hybridized carbons (Fsp3) is 0.0556. The molecule has 1 heterocycles. The lowest BCUT2D eigenvalue weighted by molar-refractivity contribution is 0.596. The second kappa shape index (κ2) is 6.67. The van der Waals surface area contributed by atoms with Gasteiger partial charge in [-0.3, -0.25) is 4.98 Å². The highest BCUT2D eigenvalue weighted by molar-refractivity contribution is 9.10. The average Bonchev–Trinajstić information content (AvgIpc) is 2.57. The second-order valence-electron chi connectivity index (χ2n) is 5.55. The maximum atomic E-state index is 14.4. The number of halogens is 2. The molecule has 2 aromatic carbocycles. The van der Waals surface area contributed by atoms with Crippen LogP contribution in [0.25, 0.3) is 22.4 Å². The van der Waals surface area contributed by atoms with Gasteiger partial charge in [0.2, 0.25) is 10.0 Å². The normalized spacial score (nSPS) is 11.5. The van der Waals surface area contributed by atoms with E-state index in [4.69, 9.17) is 5.14 Å². The van der Waals surface area contributed by atoms with Crippen molar-refractivity contribution in [3.8, 4) is 22.4 Å². The quantitative estimate of drug-likeness (QED) is 0.687. The number of benzene rings is 2. The third kappa shape index (κ3) is 3.63. The predicted molar refractivity (Wildman–Crippen MR) is 98.9 cm³/mol. The third-order valence-corrected chi connectivity index (χ3v) is 5.60. The van der Waals surface area contributed by atoms with Gasteiger partial charge in [-0.05, 0) is 48.4 Å². The lowest BCUT2D eigenvalue weighted by Gasteiger charge is -2.12. The molecule has 0 atom stereocenters. The Hall–Kier alpha value is -2.09. The van der Waals surface area contributed by atoms with Crippen molar-refractivity contribution >= 4 is 26.0 Å². The number of primary sulfonamides is 1. The van der Waals surface area contributed by atoms with Crippen molar-refractivity contribution in [2.45, 2.75) is 11.8 Å². The van der Waals surface area contributed by atoms with Crippen LogP contribution in [0, 0.1) is 12.7 Å². The Bertz CT molecular complexity index is 1070. The smallest absolute Gasteiger partial charge is 0.238 e. The molecule has 4 nitrogen and oxygen atoms in total. The number of nitrogens with zero attached hydrogens (tertiary/aromatic N) is 1. The molecular weight excluding hydrogens is 407 g/mol. The van der Waals surface area contributed by atoms with Crippen LogP contribution in [0.5, 0.6) is 0 Å². The van der Waals surface area contributed by atoms with E-state index in [0.29, 0.717) is 11.3 Å². The number of rotatable bonds is 3. The summed E-state index contributed by atoms with van der Waals surface area (Å²) in [6.45, 7) is 1.95. The van der Waals surface area contributed by atoms with Gasteiger partial charge < -0.3 is 0 Å². The zero-order chi connectivity index (χ0) is 18.2. The molecular formula is C18H14BrFN2O2S. The van der Waals surface area contributed by atoms with Crippen LogP contribution < -0.4 is 5.14 Å². The van der Waals surface area contributed by atoms with Crippen molar-refractivity contribution in [1.82, 2.24) is 4.98 Å². The van der Waals surface area contributed by atoms with E-state index in [1.54, 1.807) is 6.07 Å². The van der Waals surface area contributed by atoms with Gasteiger partial charge in [0.1, 0.15) is 5.82 Å². The van der Waals surface area contributed by atoms with Gasteiger partial charge in [0.05, 0.1) is 10.6 Å². The van der Waals surface area contributed by atoms with Crippen LogP contribution in [0.3, 0.4) is 0 Å². The SMILES string of the molecule is Cc1cc(-c2cccnc2-c2cc(S(N)(=O)=O)ccc2F)ccc1Br. The Labute approximate surface area is 153 Å². The first-order valence-electron chi connectivity index (χ1n) is 7.31. The summed E-state index contributed by atoms with van der Waals surface area (Å²) < 4.78 is 38.6. The van der Waals surface area contributed by atoms with Gasteiger partial charge in [-0.1, -0.05) is 34.1 Å². The van der Waals surface area contributed by atoms with E-state index < -0.39 is 15.8 Å². The number of nitrogens with two attached hydrogens (primary N) is 1. The van der Waals surface area contributed by atoms with E-state index in [0.717, 1.165) is 27.7 Å². The third-order valence-electron chi connectivity index (χ3n) is 3.80. The van der Waals surface area contributed by atoms with Gasteiger partial charge >= 0.3 is 0 Å². The van der Waals surface area contributed by atoms with E-state index in [2.05, 4.69) is 20.9 Å². The van der Waals surface area contributed by atoms with E-state index in [1.165, 1.54) is 12.3 Å². The number of hydrogen-bond donors (Lipinski definition) is 1. The molecule has 25 heavy (non-hydrogen) atoms. The molecule has 1 aromatic heterocycles. The number of aromatic nitrogens is 1. The Kier molecular flexibility index (Phi) is 4.73. The van der Waals surface area contributed by atoms with E-state index in [9.17, 15) is 12.8 Å². The Morgan fingerprint density at radius 3 is 2.52 bits per heavy atom. The molecule has 128 valence electrons. The number of aryl methyl sites for hydroxylation is 1. The van der Waals surface area contributed by atoms with Crippen molar-refractivity contribution in [2.75, 3.05) is 0 Å². The van der Waals surface area contributed by atoms with Crippen LogP contribution in [-0.4, -0.2) is 13.4 Å². The molecule has 0 unspecified atom stereocenters. The van der Waals surface area contributed by atoms with Gasteiger partial charge in [-0.2, -0.15) is 0 Å². The second-order valence-corrected chi connectivity index (χ2v) is 7.97. The fourth-order valence-electron chi connectivity index (χ4n) is 2.53. The van der Waals surface area contributed by atoms with Crippen molar-refractivity contribution in [1.29, 1.82) is 0 Å². The molecule has 0 bridgehead atoms. The van der Waals surface area contributed by atoms with Crippen molar-refractivity contribution in [3.63, 3.8) is 0 Å². The highest BCUT2D eigenvalue weighted by Crippen LogP contribution is 2.34. The maximum absolute atomic E-state index is 14.4. The van der Waals surface area contributed by atoms with Crippen molar-refractivity contribution in [3.05, 3.63) is 70.6 Å². The summed E-state index contributed by atoms with van der Waals surface area (Å²) in [5.74, 6) is -0.568. The average molecular weight is 421 g/mol. The van der Waals surface area contributed by atoms with E-state index >= 15 is 0 Å². The van der Waals surface area contributed by atoms with Crippen molar-refractivity contribution < 1.29 is 12.8 Å². The minimum absolute atomic E-state index is 0.0858. The first kappa shape index (κ1) is 17.7. The van der Waals surface area contributed by atoms with Gasteiger partial charge in [0, 0.05) is 21.8 Å². The zero-order valence-electron chi connectivity index (χ0n) is 13.2.